The molecule has 1 fully saturated rings. The Morgan fingerprint density at radius 1 is 1.35 bits per heavy atom. The summed E-state index contributed by atoms with van der Waals surface area (Å²) >= 11 is 2.05. The molecule has 0 atom stereocenters. The summed E-state index contributed by atoms with van der Waals surface area (Å²) in [6.07, 6.45) is 0.337. The number of hydrogen-bond acceptors (Lipinski definition) is 4. The molecule has 3 N–H and O–H groups in total. The van der Waals surface area contributed by atoms with E-state index in [1.807, 2.05) is 23.9 Å². The molecule has 1 aliphatic heterocycles. The largest absolute Gasteiger partial charge is 0.297 e. The molecule has 0 saturated carbocycles. The van der Waals surface area contributed by atoms with Crippen molar-refractivity contribution in [2.75, 3.05) is 18.8 Å². The first-order chi connectivity index (χ1) is 9.48. The van der Waals surface area contributed by atoms with Crippen LogP contribution in [0.1, 0.15) is 25.0 Å². The Morgan fingerprint density at radius 2 is 2.00 bits per heavy atom. The molecule has 0 bridgehead atoms. The highest BCUT2D eigenvalue weighted by atomic mass is 32.2. The van der Waals surface area contributed by atoms with E-state index in [4.69, 9.17) is 5.84 Å². The van der Waals surface area contributed by atoms with Crippen LogP contribution >= 0.6 is 11.8 Å². The summed E-state index contributed by atoms with van der Waals surface area (Å²) < 4.78 is 0.345. The van der Waals surface area contributed by atoms with Crippen LogP contribution in [0.15, 0.2) is 24.3 Å². The molecule has 5 heteroatoms. The van der Waals surface area contributed by atoms with Gasteiger partial charge in [-0.2, -0.15) is 11.8 Å². The fraction of sp³-hybridized carbons (Fsp3) is 0.533. The number of thioether (sulfide) groups is 1. The van der Waals surface area contributed by atoms with Gasteiger partial charge < -0.3 is 0 Å². The van der Waals surface area contributed by atoms with E-state index in [2.05, 4.69) is 36.3 Å². The molecule has 0 aliphatic carbocycles. The average Bonchev–Trinajstić information content (AvgIpc) is 2.40. The van der Waals surface area contributed by atoms with Crippen molar-refractivity contribution in [3.63, 3.8) is 0 Å². The molecule has 4 nitrogen and oxygen atoms in total. The van der Waals surface area contributed by atoms with Gasteiger partial charge in [-0.15, -0.1) is 0 Å². The number of nitrogens with zero attached hydrogens (tertiary/aromatic N) is 1. The molecule has 1 saturated heterocycles. The van der Waals surface area contributed by atoms with Gasteiger partial charge in [0.05, 0.1) is 6.42 Å². The Kier molecular flexibility index (Phi) is 5.07. The summed E-state index contributed by atoms with van der Waals surface area (Å²) in [4.78, 5) is 13.7. The van der Waals surface area contributed by atoms with Crippen molar-refractivity contribution in [1.29, 1.82) is 0 Å². The lowest BCUT2D eigenvalue weighted by Crippen LogP contribution is -2.42. The first-order valence-electron chi connectivity index (χ1n) is 6.92. The maximum absolute atomic E-state index is 11.2. The Hall–Kier alpha value is -1.04. The SMILES string of the molecule is CC1(C)CN(Cc2ccc(CC(=O)NN)cc2)CCS1. The number of rotatable bonds is 4. The van der Waals surface area contributed by atoms with E-state index >= 15 is 0 Å². The van der Waals surface area contributed by atoms with Gasteiger partial charge in [-0.1, -0.05) is 24.3 Å². The average molecular weight is 293 g/mol. The minimum absolute atomic E-state index is 0.160. The molecule has 0 unspecified atom stereocenters. The van der Waals surface area contributed by atoms with E-state index in [0.29, 0.717) is 11.2 Å². The van der Waals surface area contributed by atoms with Gasteiger partial charge in [0, 0.05) is 30.1 Å². The van der Waals surface area contributed by atoms with Crippen LogP contribution in [0.25, 0.3) is 0 Å². The third-order valence-electron chi connectivity index (χ3n) is 3.46. The highest BCUT2D eigenvalue weighted by molar-refractivity contribution is 8.00. The van der Waals surface area contributed by atoms with Gasteiger partial charge in [-0.05, 0) is 25.0 Å². The molecule has 110 valence electrons. The lowest BCUT2D eigenvalue weighted by molar-refractivity contribution is -0.120. The van der Waals surface area contributed by atoms with Crippen LogP contribution in [0.4, 0.5) is 0 Å². The zero-order valence-corrected chi connectivity index (χ0v) is 13.0. The molecule has 0 aromatic heterocycles. The number of amides is 1. The topological polar surface area (TPSA) is 58.4 Å². The molecule has 0 radical (unpaired) electrons. The van der Waals surface area contributed by atoms with Crippen molar-refractivity contribution < 1.29 is 4.79 Å². The Bertz CT molecular complexity index is 459. The van der Waals surface area contributed by atoms with E-state index in [1.165, 1.54) is 11.3 Å². The molecule has 1 amide bonds. The number of hydrogen-bond donors (Lipinski definition) is 2. The zero-order valence-electron chi connectivity index (χ0n) is 12.2. The molecule has 1 heterocycles. The second-order valence-electron chi connectivity index (χ2n) is 5.88. The minimum atomic E-state index is -0.160. The predicted octanol–water partition coefficient (Wildman–Crippen LogP) is 1.55. The molecule has 0 spiro atoms. The van der Waals surface area contributed by atoms with E-state index in [9.17, 15) is 4.79 Å². The highest BCUT2D eigenvalue weighted by Crippen LogP contribution is 2.30. The fourth-order valence-electron chi connectivity index (χ4n) is 2.51. The molecule has 1 aromatic carbocycles. The van der Waals surface area contributed by atoms with Gasteiger partial charge in [-0.25, -0.2) is 5.84 Å². The van der Waals surface area contributed by atoms with E-state index in [-0.39, 0.29) is 5.91 Å². The number of benzene rings is 1. The quantitative estimate of drug-likeness (QED) is 0.502. The predicted molar refractivity (Wildman–Crippen MR) is 84.3 cm³/mol. The van der Waals surface area contributed by atoms with Gasteiger partial charge in [0.1, 0.15) is 0 Å². The van der Waals surface area contributed by atoms with Gasteiger partial charge in [-0.3, -0.25) is 15.1 Å². The summed E-state index contributed by atoms with van der Waals surface area (Å²) in [7, 11) is 0. The van der Waals surface area contributed by atoms with Gasteiger partial charge in [0.25, 0.3) is 0 Å². The zero-order chi connectivity index (χ0) is 14.6. The number of nitrogens with two attached hydrogens (primary N) is 1. The van der Waals surface area contributed by atoms with Crippen molar-refractivity contribution in [3.05, 3.63) is 35.4 Å². The molecule has 2 rings (SSSR count). The number of nitrogens with one attached hydrogen (secondary N) is 1. The summed E-state index contributed by atoms with van der Waals surface area (Å²) in [5.74, 6) is 6.13. The molecular weight excluding hydrogens is 270 g/mol. The molecular formula is C15H23N3OS. The first kappa shape index (κ1) is 15.4. The third kappa shape index (κ3) is 4.51. The lowest BCUT2D eigenvalue weighted by atomic mass is 10.1. The standard InChI is InChI=1S/C15H23N3OS/c1-15(2)11-18(7-8-20-15)10-13-5-3-12(4-6-13)9-14(19)17-16/h3-6H,7-11,16H2,1-2H3,(H,17,19). The molecule has 1 aromatic rings. The maximum atomic E-state index is 11.2. The van der Waals surface area contributed by atoms with Crippen molar-refractivity contribution in [2.45, 2.75) is 31.6 Å². The van der Waals surface area contributed by atoms with E-state index in [0.717, 1.165) is 25.2 Å². The van der Waals surface area contributed by atoms with Crippen LogP contribution in [0.3, 0.4) is 0 Å². The Balaban J connectivity index is 1.92. The van der Waals surface area contributed by atoms with Crippen LogP contribution in [0.5, 0.6) is 0 Å². The summed E-state index contributed by atoms with van der Waals surface area (Å²) in [6, 6.07) is 8.23. The van der Waals surface area contributed by atoms with E-state index < -0.39 is 0 Å². The second-order valence-corrected chi connectivity index (χ2v) is 7.68. The van der Waals surface area contributed by atoms with Crippen molar-refractivity contribution in [2.24, 2.45) is 5.84 Å². The number of hydrazine groups is 1. The highest BCUT2D eigenvalue weighted by Gasteiger charge is 2.26. The summed E-state index contributed by atoms with van der Waals surface area (Å²) in [5, 5.41) is 0. The minimum Gasteiger partial charge on any atom is -0.297 e. The van der Waals surface area contributed by atoms with Gasteiger partial charge in [0.2, 0.25) is 5.91 Å². The lowest BCUT2D eigenvalue weighted by Gasteiger charge is -2.37. The van der Waals surface area contributed by atoms with Crippen LogP contribution in [-0.4, -0.2) is 34.4 Å². The molecule has 1 aliphatic rings. The van der Waals surface area contributed by atoms with Crippen molar-refractivity contribution in [1.82, 2.24) is 10.3 Å². The van der Waals surface area contributed by atoms with Crippen molar-refractivity contribution >= 4 is 17.7 Å². The molecule has 20 heavy (non-hydrogen) atoms. The monoisotopic (exact) mass is 293 g/mol. The first-order valence-corrected chi connectivity index (χ1v) is 7.91. The summed E-state index contributed by atoms with van der Waals surface area (Å²) in [6.45, 7) is 7.85. The van der Waals surface area contributed by atoms with Gasteiger partial charge >= 0.3 is 0 Å². The Morgan fingerprint density at radius 3 is 2.60 bits per heavy atom. The third-order valence-corrected chi connectivity index (χ3v) is 4.76. The normalized spacial score (nSPS) is 18.8. The fourth-order valence-corrected chi connectivity index (χ4v) is 3.68. The van der Waals surface area contributed by atoms with Crippen LogP contribution in [-0.2, 0) is 17.8 Å². The number of carbonyl (C=O) groups excluding carboxylic acids is 1. The smallest absolute Gasteiger partial charge is 0.238 e. The summed E-state index contributed by atoms with van der Waals surface area (Å²) in [5.41, 5.74) is 4.44. The number of carbonyl (C=O) groups is 1. The Labute approximate surface area is 125 Å². The van der Waals surface area contributed by atoms with Crippen LogP contribution < -0.4 is 11.3 Å². The van der Waals surface area contributed by atoms with Crippen LogP contribution in [0, 0.1) is 0 Å². The van der Waals surface area contributed by atoms with Crippen molar-refractivity contribution in [3.8, 4) is 0 Å². The van der Waals surface area contributed by atoms with E-state index in [1.54, 1.807) is 0 Å². The van der Waals surface area contributed by atoms with Crippen LogP contribution in [0.2, 0.25) is 0 Å². The maximum Gasteiger partial charge on any atom is 0.238 e. The van der Waals surface area contributed by atoms with Gasteiger partial charge in [0.15, 0.2) is 0 Å². The second kappa shape index (κ2) is 6.61.